The Bertz CT molecular complexity index is 593. The van der Waals surface area contributed by atoms with E-state index in [0.29, 0.717) is 12.5 Å². The molecule has 0 aromatic carbocycles. The van der Waals surface area contributed by atoms with Crippen LogP contribution in [0.1, 0.15) is 26.7 Å². The van der Waals surface area contributed by atoms with Crippen LogP contribution in [0, 0.1) is 11.8 Å². The normalized spacial score (nSPS) is 39.3. The van der Waals surface area contributed by atoms with Crippen LogP contribution < -0.4 is 5.73 Å². The predicted octanol–water partition coefficient (Wildman–Crippen LogP) is -4.32. The molecule has 0 radical (unpaired) electrons. The van der Waals surface area contributed by atoms with E-state index in [1.165, 1.54) is 0 Å². The Labute approximate surface area is 197 Å². The molecule has 0 spiro atoms. The molecule has 2 aliphatic heterocycles. The maximum Gasteiger partial charge on any atom is 0.303 e. The van der Waals surface area contributed by atoms with E-state index < -0.39 is 80.6 Å². The highest BCUT2D eigenvalue weighted by Gasteiger charge is 2.50. The zero-order valence-electron chi connectivity index (χ0n) is 19.2. The van der Waals surface area contributed by atoms with Crippen molar-refractivity contribution < 1.29 is 65.0 Å². The fourth-order valence-electron chi connectivity index (χ4n) is 3.75. The van der Waals surface area contributed by atoms with E-state index in [0.717, 1.165) is 6.42 Å². The quantitative estimate of drug-likeness (QED) is 0.143. The van der Waals surface area contributed by atoms with E-state index in [1.807, 2.05) is 0 Å². The summed E-state index contributed by atoms with van der Waals surface area (Å²) in [6.45, 7) is 3.28. The fourth-order valence-corrected chi connectivity index (χ4v) is 3.75. The second-order valence-corrected chi connectivity index (χ2v) is 8.86. The van der Waals surface area contributed by atoms with Gasteiger partial charge in [-0.3, -0.25) is 4.79 Å². The van der Waals surface area contributed by atoms with Gasteiger partial charge in [0.2, 0.25) is 0 Å². The standard InChI is InChI=1S/C12H22O11.C8H17NO2/c13-1-3-5(15)6(16)9(19)12(22-3)23-10-4(2-14)21-11(20)8(18)7(10)17;1-6(2)3-7(5-9)4-8(10)11/h3-20H,1-2H2;6-7H,3-5,9H2,1-2H3,(H,10,11)/t3-,4-,5+,6+,7-,8-,9-,10-,11-,12+;7-/m10/s1. The van der Waals surface area contributed by atoms with E-state index in [9.17, 15) is 40.5 Å². The van der Waals surface area contributed by atoms with Crippen molar-refractivity contribution in [3.63, 3.8) is 0 Å². The summed E-state index contributed by atoms with van der Waals surface area (Å²) in [6.07, 6.45) is -14.5. The monoisotopic (exact) mass is 501 g/mol. The number of carbonyl (C=O) groups is 1. The number of aliphatic hydroxyl groups is 8. The summed E-state index contributed by atoms with van der Waals surface area (Å²) < 4.78 is 15.3. The second-order valence-electron chi connectivity index (χ2n) is 8.86. The van der Waals surface area contributed by atoms with Crippen molar-refractivity contribution in [2.75, 3.05) is 19.8 Å². The summed E-state index contributed by atoms with van der Waals surface area (Å²) in [6, 6.07) is 0. The molecule has 2 saturated heterocycles. The van der Waals surface area contributed by atoms with Crippen molar-refractivity contribution in [3.8, 4) is 0 Å². The van der Waals surface area contributed by atoms with Gasteiger partial charge < -0.3 is 65.9 Å². The molecular weight excluding hydrogens is 462 g/mol. The van der Waals surface area contributed by atoms with E-state index in [-0.39, 0.29) is 12.3 Å². The molecule has 0 amide bonds. The number of hydrogen-bond acceptors (Lipinski definition) is 13. The smallest absolute Gasteiger partial charge is 0.303 e. The number of aliphatic hydroxyl groups excluding tert-OH is 8. The Balaban J connectivity index is 0.000000445. The summed E-state index contributed by atoms with van der Waals surface area (Å²) in [5.74, 6) is -0.0727. The molecule has 0 aromatic rings. The van der Waals surface area contributed by atoms with E-state index >= 15 is 0 Å². The molecule has 0 aliphatic carbocycles. The fraction of sp³-hybridized carbons (Fsp3) is 0.950. The summed E-state index contributed by atoms with van der Waals surface area (Å²) in [4.78, 5) is 10.3. The van der Waals surface area contributed by atoms with E-state index in [4.69, 9.17) is 30.2 Å². The van der Waals surface area contributed by atoms with Crippen LogP contribution in [0.3, 0.4) is 0 Å². The van der Waals surface area contributed by atoms with Gasteiger partial charge in [0.1, 0.15) is 48.8 Å². The third kappa shape index (κ3) is 8.58. The zero-order valence-corrected chi connectivity index (χ0v) is 19.2. The highest BCUT2D eigenvalue weighted by Crippen LogP contribution is 2.28. The van der Waals surface area contributed by atoms with Gasteiger partial charge >= 0.3 is 5.97 Å². The minimum atomic E-state index is -1.74. The van der Waals surface area contributed by atoms with Crippen LogP contribution >= 0.6 is 0 Å². The van der Waals surface area contributed by atoms with Crippen LogP contribution in [0.2, 0.25) is 0 Å². The number of carboxylic acid groups (broad SMARTS) is 1. The van der Waals surface area contributed by atoms with Crippen LogP contribution in [0.15, 0.2) is 0 Å². The van der Waals surface area contributed by atoms with Crippen molar-refractivity contribution in [2.24, 2.45) is 17.6 Å². The lowest BCUT2D eigenvalue weighted by Crippen LogP contribution is -2.64. The molecule has 14 heteroatoms. The number of rotatable bonds is 9. The SMILES string of the molecule is CC(C)C[C@H](CN)CC(=O)O.OC[C@H]1O[C@@H](O[C@H]2[C@H](O)[C@@H](O)[C@H](O)O[C@@H]2CO)[C@H](O)[C@@H](O)[C@H]1O. The molecule has 14 nitrogen and oxygen atoms in total. The van der Waals surface area contributed by atoms with Crippen LogP contribution in [0.25, 0.3) is 0 Å². The van der Waals surface area contributed by atoms with Gasteiger partial charge in [0.15, 0.2) is 12.6 Å². The molecule has 202 valence electrons. The van der Waals surface area contributed by atoms with Crippen molar-refractivity contribution in [1.82, 2.24) is 0 Å². The molecule has 34 heavy (non-hydrogen) atoms. The zero-order chi connectivity index (χ0) is 26.2. The van der Waals surface area contributed by atoms with Crippen LogP contribution in [-0.4, -0.2) is 133 Å². The third-order valence-corrected chi connectivity index (χ3v) is 5.58. The van der Waals surface area contributed by atoms with Gasteiger partial charge in [0.05, 0.1) is 13.2 Å². The summed E-state index contributed by atoms with van der Waals surface area (Å²) in [5.41, 5.74) is 5.41. The summed E-state index contributed by atoms with van der Waals surface area (Å²) in [7, 11) is 0. The molecular formula is C20H39NO13. The van der Waals surface area contributed by atoms with Crippen LogP contribution in [0.4, 0.5) is 0 Å². The largest absolute Gasteiger partial charge is 0.481 e. The second kappa shape index (κ2) is 14.5. The van der Waals surface area contributed by atoms with E-state index in [1.54, 1.807) is 0 Å². The lowest BCUT2D eigenvalue weighted by molar-refractivity contribution is -0.355. The average Bonchev–Trinajstić information content (AvgIpc) is 2.78. The Hall–Kier alpha value is -1.01. The molecule has 2 heterocycles. The maximum absolute atomic E-state index is 10.3. The molecule has 0 bridgehead atoms. The minimum absolute atomic E-state index is 0.146. The molecule has 2 aliphatic rings. The Morgan fingerprint density at radius 1 is 0.882 bits per heavy atom. The van der Waals surface area contributed by atoms with Crippen LogP contribution in [0.5, 0.6) is 0 Å². The van der Waals surface area contributed by atoms with Crippen molar-refractivity contribution in [3.05, 3.63) is 0 Å². The topological polar surface area (TPSA) is 253 Å². The van der Waals surface area contributed by atoms with Gasteiger partial charge in [0, 0.05) is 6.42 Å². The van der Waals surface area contributed by atoms with Crippen molar-refractivity contribution in [1.29, 1.82) is 0 Å². The van der Waals surface area contributed by atoms with Crippen molar-refractivity contribution >= 4 is 5.97 Å². The first-order valence-electron chi connectivity index (χ1n) is 11.1. The number of ether oxygens (including phenoxy) is 3. The molecule has 0 aromatic heterocycles. The molecule has 11 atom stereocenters. The number of hydrogen-bond donors (Lipinski definition) is 10. The number of carboxylic acids is 1. The Morgan fingerprint density at radius 3 is 1.94 bits per heavy atom. The van der Waals surface area contributed by atoms with E-state index in [2.05, 4.69) is 13.8 Å². The Morgan fingerprint density at radius 2 is 1.47 bits per heavy atom. The van der Waals surface area contributed by atoms with Crippen molar-refractivity contribution in [2.45, 2.75) is 88.1 Å². The van der Waals surface area contributed by atoms with Gasteiger partial charge in [-0.05, 0) is 24.8 Å². The van der Waals surface area contributed by atoms with Gasteiger partial charge in [-0.15, -0.1) is 0 Å². The van der Waals surface area contributed by atoms with Gasteiger partial charge in [-0.25, -0.2) is 0 Å². The van der Waals surface area contributed by atoms with Crippen LogP contribution in [-0.2, 0) is 19.0 Å². The third-order valence-electron chi connectivity index (χ3n) is 5.58. The summed E-state index contributed by atoms with van der Waals surface area (Å²) in [5, 5.41) is 85.0. The number of nitrogens with two attached hydrogens (primary N) is 1. The summed E-state index contributed by atoms with van der Waals surface area (Å²) >= 11 is 0. The maximum atomic E-state index is 10.3. The van der Waals surface area contributed by atoms with Gasteiger partial charge in [-0.2, -0.15) is 0 Å². The first kappa shape index (κ1) is 31.0. The molecule has 2 rings (SSSR count). The molecule has 2 fully saturated rings. The molecule has 11 N–H and O–H groups in total. The first-order valence-corrected chi connectivity index (χ1v) is 11.1. The first-order chi connectivity index (χ1) is 15.9. The number of aliphatic carboxylic acids is 1. The molecule has 0 saturated carbocycles. The minimum Gasteiger partial charge on any atom is -0.481 e. The molecule has 0 unspecified atom stereocenters. The lowest BCUT2D eigenvalue weighted by Gasteiger charge is -2.45. The highest BCUT2D eigenvalue weighted by atomic mass is 16.7. The van der Waals surface area contributed by atoms with Gasteiger partial charge in [-0.1, -0.05) is 13.8 Å². The van der Waals surface area contributed by atoms with Gasteiger partial charge in [0.25, 0.3) is 0 Å². The average molecular weight is 502 g/mol. The predicted molar refractivity (Wildman–Crippen MR) is 113 cm³/mol. The lowest BCUT2D eigenvalue weighted by atomic mass is 9.94. The Kier molecular flexibility index (Phi) is 13.3. The highest BCUT2D eigenvalue weighted by molar-refractivity contribution is 5.67.